The van der Waals surface area contributed by atoms with Gasteiger partial charge < -0.3 is 15.3 Å². The number of nitrogens with one attached hydrogen (secondary N) is 1. The first-order chi connectivity index (χ1) is 15.2. The highest BCUT2D eigenvalue weighted by Gasteiger charge is 2.54. The zero-order valence-electron chi connectivity index (χ0n) is 18.1. The molecule has 0 bridgehead atoms. The Labute approximate surface area is 201 Å². The van der Waals surface area contributed by atoms with E-state index in [0.717, 1.165) is 21.4 Å². The predicted octanol–water partition coefficient (Wildman–Crippen LogP) is 6.42. The zero-order chi connectivity index (χ0) is 23.0. The molecule has 1 aliphatic heterocycles. The topological polar surface area (TPSA) is 52.6 Å². The monoisotopic (exact) mass is 510 g/mol. The van der Waals surface area contributed by atoms with Crippen LogP contribution in [0.1, 0.15) is 25.0 Å². The highest BCUT2D eigenvalue weighted by atomic mass is 79.9. The van der Waals surface area contributed by atoms with Crippen LogP contribution in [0.4, 0.5) is 11.4 Å². The molecule has 164 valence electrons. The van der Waals surface area contributed by atoms with Crippen LogP contribution in [0.25, 0.3) is 0 Å². The number of allylic oxidation sites excluding steroid dienone is 1. The first kappa shape index (κ1) is 22.6. The minimum absolute atomic E-state index is 0.0980. The Morgan fingerprint density at radius 2 is 1.59 bits per heavy atom. The maximum absolute atomic E-state index is 12.9. The van der Waals surface area contributed by atoms with E-state index in [1.165, 1.54) is 6.92 Å². The van der Waals surface area contributed by atoms with Gasteiger partial charge in [-0.15, -0.1) is 0 Å². The van der Waals surface area contributed by atoms with E-state index in [4.69, 9.17) is 11.6 Å². The fourth-order valence-corrected chi connectivity index (χ4v) is 4.72. The molecule has 0 unspecified atom stereocenters. The highest BCUT2D eigenvalue weighted by molar-refractivity contribution is 9.10. The second-order valence-corrected chi connectivity index (χ2v) is 9.40. The summed E-state index contributed by atoms with van der Waals surface area (Å²) in [4.78, 5) is 14.7. The van der Waals surface area contributed by atoms with E-state index < -0.39 is 11.8 Å². The Hall–Kier alpha value is -2.60. The van der Waals surface area contributed by atoms with Gasteiger partial charge in [-0.2, -0.15) is 0 Å². The van der Waals surface area contributed by atoms with E-state index in [-0.39, 0.29) is 5.78 Å². The van der Waals surface area contributed by atoms with Gasteiger partial charge in [0.2, 0.25) is 0 Å². The average Bonchev–Trinajstić information content (AvgIpc) is 2.98. The molecule has 1 heterocycles. The van der Waals surface area contributed by atoms with Crippen LogP contribution in [-0.4, -0.2) is 16.9 Å². The number of Topliss-reactive ketones (excluding diaryl/α,β-unsaturated/α-hetero) is 1. The maximum atomic E-state index is 12.9. The van der Waals surface area contributed by atoms with Crippen molar-refractivity contribution in [2.45, 2.75) is 32.5 Å². The van der Waals surface area contributed by atoms with E-state index >= 15 is 0 Å². The largest absolute Gasteiger partial charge is 0.373 e. The van der Waals surface area contributed by atoms with Gasteiger partial charge in [-0.05, 0) is 69.3 Å². The van der Waals surface area contributed by atoms with Crippen LogP contribution in [-0.2, 0) is 10.5 Å². The van der Waals surface area contributed by atoms with Crippen molar-refractivity contribution in [1.29, 1.82) is 0 Å². The molecule has 0 radical (unpaired) electrons. The highest BCUT2D eigenvalue weighted by Crippen LogP contribution is 2.47. The third-order valence-corrected chi connectivity index (χ3v) is 6.63. The number of halogens is 2. The molecule has 4 nitrogen and oxygen atoms in total. The van der Waals surface area contributed by atoms with Crippen molar-refractivity contribution in [3.05, 3.63) is 105 Å². The van der Waals surface area contributed by atoms with Crippen LogP contribution in [0.2, 0.25) is 5.02 Å². The predicted molar refractivity (Wildman–Crippen MR) is 134 cm³/mol. The Balaban J connectivity index is 1.93. The molecule has 2 N–H and O–H groups in total. The van der Waals surface area contributed by atoms with Gasteiger partial charge >= 0.3 is 0 Å². The summed E-state index contributed by atoms with van der Waals surface area (Å²) in [6, 6.07) is 22.0. The molecule has 3 aromatic rings. The molecule has 0 fully saturated rings. The van der Waals surface area contributed by atoms with Gasteiger partial charge in [-0.1, -0.05) is 57.4 Å². The Bertz CT molecular complexity index is 1170. The molecule has 6 heteroatoms. The molecule has 32 heavy (non-hydrogen) atoms. The second kappa shape index (κ2) is 8.74. The minimum atomic E-state index is -1.56. The molecule has 0 saturated heterocycles. The normalized spacial score (nSPS) is 20.6. The molecular weight excluding hydrogens is 488 g/mol. The lowest BCUT2D eigenvalue weighted by Crippen LogP contribution is -2.52. The molecule has 1 aliphatic rings. The molecule has 4 rings (SSSR count). The fraction of sp³-hybridized carbons (Fsp3) is 0.192. The van der Waals surface area contributed by atoms with Crippen LogP contribution >= 0.6 is 27.5 Å². The molecule has 0 aromatic heterocycles. The summed E-state index contributed by atoms with van der Waals surface area (Å²) in [6.45, 7) is 5.43. The fourth-order valence-electron chi connectivity index (χ4n) is 4.33. The lowest BCUT2D eigenvalue weighted by molar-refractivity contribution is -0.114. The van der Waals surface area contributed by atoms with Crippen molar-refractivity contribution >= 4 is 44.7 Å². The Morgan fingerprint density at radius 1 is 1.00 bits per heavy atom. The number of benzene rings is 3. The van der Waals surface area contributed by atoms with Crippen LogP contribution in [0.3, 0.4) is 0 Å². The molecule has 3 aromatic carbocycles. The summed E-state index contributed by atoms with van der Waals surface area (Å²) in [5.41, 5.74) is 3.01. The van der Waals surface area contributed by atoms with Crippen LogP contribution in [0.15, 0.2) is 88.5 Å². The lowest BCUT2D eigenvalue weighted by atomic mass is 9.90. The third kappa shape index (κ3) is 3.96. The van der Waals surface area contributed by atoms with Gasteiger partial charge in [0, 0.05) is 37.7 Å². The summed E-state index contributed by atoms with van der Waals surface area (Å²) >= 11 is 9.60. The standard InChI is InChI=1S/C26H24BrClN2O2/c1-16-4-14-23(15-5-16)30-17(2)24(18(3)31)25(29-22-12-8-20(27)9-13-22)26(30,32)19-6-10-21(28)11-7-19/h4-15,25,29,32H,1-3H3/t25-,26-/m1/s1. The van der Waals surface area contributed by atoms with Crippen molar-refractivity contribution in [2.75, 3.05) is 10.2 Å². The summed E-state index contributed by atoms with van der Waals surface area (Å²) in [5, 5.41) is 16.4. The molecule has 2 atom stereocenters. The van der Waals surface area contributed by atoms with Crippen molar-refractivity contribution in [1.82, 2.24) is 0 Å². The zero-order valence-corrected chi connectivity index (χ0v) is 20.4. The Morgan fingerprint density at radius 3 is 2.16 bits per heavy atom. The molecule has 0 spiro atoms. The first-order valence-electron chi connectivity index (χ1n) is 10.3. The van der Waals surface area contributed by atoms with Crippen LogP contribution in [0, 0.1) is 6.92 Å². The van der Waals surface area contributed by atoms with Gasteiger partial charge in [0.25, 0.3) is 0 Å². The van der Waals surface area contributed by atoms with E-state index in [1.54, 1.807) is 24.3 Å². The van der Waals surface area contributed by atoms with Crippen molar-refractivity contribution in [2.24, 2.45) is 0 Å². The minimum Gasteiger partial charge on any atom is -0.373 e. The SMILES string of the molecule is CC(=O)C1=C(C)N(c2ccc(C)cc2)[C@@](O)(c2ccc(Cl)cc2)[C@@H]1Nc1ccc(Br)cc1. The van der Waals surface area contributed by atoms with E-state index in [2.05, 4.69) is 21.2 Å². The molecule has 0 amide bonds. The quantitative estimate of drug-likeness (QED) is 0.415. The first-order valence-corrected chi connectivity index (χ1v) is 11.5. The third-order valence-electron chi connectivity index (χ3n) is 5.85. The summed E-state index contributed by atoms with van der Waals surface area (Å²) in [7, 11) is 0. The van der Waals surface area contributed by atoms with Gasteiger partial charge in [-0.25, -0.2) is 0 Å². The van der Waals surface area contributed by atoms with Crippen LogP contribution < -0.4 is 10.2 Å². The average molecular weight is 512 g/mol. The van der Waals surface area contributed by atoms with Crippen LogP contribution in [0.5, 0.6) is 0 Å². The van der Waals surface area contributed by atoms with Crippen molar-refractivity contribution in [3.63, 3.8) is 0 Å². The molecule has 0 aliphatic carbocycles. The maximum Gasteiger partial charge on any atom is 0.193 e. The number of aliphatic hydroxyl groups is 1. The van der Waals surface area contributed by atoms with Crippen molar-refractivity contribution < 1.29 is 9.90 Å². The number of aryl methyl sites for hydroxylation is 1. The van der Waals surface area contributed by atoms with Gasteiger partial charge in [0.05, 0.1) is 0 Å². The number of hydrogen-bond acceptors (Lipinski definition) is 4. The van der Waals surface area contributed by atoms with Crippen molar-refractivity contribution in [3.8, 4) is 0 Å². The van der Waals surface area contributed by atoms with Gasteiger partial charge in [0.1, 0.15) is 6.04 Å². The number of hydrogen-bond donors (Lipinski definition) is 2. The van der Waals surface area contributed by atoms with Gasteiger partial charge in [0.15, 0.2) is 11.5 Å². The smallest absolute Gasteiger partial charge is 0.193 e. The Kier molecular flexibility index (Phi) is 6.17. The lowest BCUT2D eigenvalue weighted by Gasteiger charge is -2.41. The van der Waals surface area contributed by atoms with E-state index in [0.29, 0.717) is 21.9 Å². The summed E-state index contributed by atoms with van der Waals surface area (Å²) in [6.07, 6.45) is 0. The molecule has 0 saturated carbocycles. The number of nitrogens with zero attached hydrogens (tertiary/aromatic N) is 1. The number of rotatable bonds is 5. The number of carbonyl (C=O) groups excluding carboxylic acids is 1. The van der Waals surface area contributed by atoms with E-state index in [1.807, 2.05) is 67.3 Å². The second-order valence-electron chi connectivity index (χ2n) is 8.04. The summed E-state index contributed by atoms with van der Waals surface area (Å²) in [5.74, 6) is -0.0980. The summed E-state index contributed by atoms with van der Waals surface area (Å²) < 4.78 is 0.947. The van der Waals surface area contributed by atoms with Gasteiger partial charge in [-0.3, -0.25) is 4.79 Å². The number of anilines is 2. The number of carbonyl (C=O) groups is 1. The van der Waals surface area contributed by atoms with E-state index in [9.17, 15) is 9.90 Å². The number of ketones is 1. The molecular formula is C26H24BrClN2O2.